The maximum atomic E-state index is 12.4. The summed E-state index contributed by atoms with van der Waals surface area (Å²) in [6.45, 7) is -2.93. The van der Waals surface area contributed by atoms with E-state index in [1.54, 1.807) is 23.2 Å². The smallest absolute Gasteiger partial charge is 0.387 e. The minimum atomic E-state index is -3.04. The molecule has 0 radical (unpaired) electrons. The molecule has 2 rings (SSSR count). The van der Waals surface area contributed by atoms with Crippen molar-refractivity contribution in [3.05, 3.63) is 48.2 Å². The number of ether oxygens (including phenoxy) is 1. The number of halogens is 2. The maximum absolute atomic E-state index is 12.4. The second-order valence-electron chi connectivity index (χ2n) is 5.43. The van der Waals surface area contributed by atoms with E-state index in [-0.39, 0.29) is 18.0 Å². The van der Waals surface area contributed by atoms with Crippen LogP contribution in [0, 0.1) is 0 Å². The number of hydrogen-bond acceptors (Lipinski definition) is 5. The first-order valence-corrected chi connectivity index (χ1v) is 7.62. The lowest BCUT2D eigenvalue weighted by Gasteiger charge is -2.13. The monoisotopic (exact) mass is 364 g/mol. The van der Waals surface area contributed by atoms with Crippen LogP contribution in [0.3, 0.4) is 0 Å². The van der Waals surface area contributed by atoms with Crippen molar-refractivity contribution in [1.82, 2.24) is 10.3 Å². The van der Waals surface area contributed by atoms with Gasteiger partial charge in [0.25, 0.3) is 0 Å². The summed E-state index contributed by atoms with van der Waals surface area (Å²) in [4.78, 5) is 29.8. The van der Waals surface area contributed by atoms with Crippen LogP contribution in [0.2, 0.25) is 0 Å². The first-order chi connectivity index (χ1) is 12.4. The summed E-state index contributed by atoms with van der Waals surface area (Å²) in [5.41, 5.74) is 0.734. The highest BCUT2D eigenvalue weighted by Gasteiger charge is 2.17. The molecular formula is C17H18F2N4O3. The van der Waals surface area contributed by atoms with Crippen molar-refractivity contribution in [2.45, 2.75) is 13.2 Å². The van der Waals surface area contributed by atoms with Crippen LogP contribution in [0.25, 0.3) is 0 Å². The fraction of sp³-hybridized carbons (Fsp3) is 0.235. The molecule has 0 aliphatic carbocycles. The lowest BCUT2D eigenvalue weighted by atomic mass is 10.2. The Morgan fingerprint density at radius 3 is 2.62 bits per heavy atom. The van der Waals surface area contributed by atoms with Gasteiger partial charge in [0.15, 0.2) is 0 Å². The van der Waals surface area contributed by atoms with Crippen LogP contribution in [-0.2, 0) is 16.1 Å². The summed E-state index contributed by atoms with van der Waals surface area (Å²) in [5, 5.41) is 4.71. The minimum absolute atomic E-state index is 0.0215. The van der Waals surface area contributed by atoms with E-state index in [1.165, 1.54) is 24.3 Å². The van der Waals surface area contributed by atoms with Crippen molar-refractivity contribution in [1.29, 1.82) is 0 Å². The zero-order valence-electron chi connectivity index (χ0n) is 14.2. The molecule has 0 saturated heterocycles. The fourth-order valence-electron chi connectivity index (χ4n) is 2.03. The molecule has 7 nitrogen and oxygen atoms in total. The first kappa shape index (κ1) is 19.1. The Hall–Kier alpha value is -3.23. The van der Waals surface area contributed by atoms with E-state index in [4.69, 9.17) is 0 Å². The van der Waals surface area contributed by atoms with E-state index in [9.17, 15) is 18.4 Å². The molecule has 0 aliphatic heterocycles. The van der Waals surface area contributed by atoms with Crippen molar-refractivity contribution in [2.75, 3.05) is 24.3 Å². The highest BCUT2D eigenvalue weighted by atomic mass is 19.3. The summed E-state index contributed by atoms with van der Waals surface area (Å²) >= 11 is 0. The number of rotatable bonds is 6. The number of carbonyl (C=O) groups excluding carboxylic acids is 2. The Labute approximate surface area is 149 Å². The first-order valence-electron chi connectivity index (χ1n) is 7.62. The Morgan fingerprint density at radius 1 is 1.19 bits per heavy atom. The standard InChI is InChI=1S/C17H18F2N4O3/c1-23(2)14-9-11(7-8-20-14)10-21-15(24)16(25)22-12-5-3-4-6-13(12)26-17(18)19/h3-9,17H,10H2,1-2H3,(H,21,24)(H,22,25). The second-order valence-corrected chi connectivity index (χ2v) is 5.43. The number of anilines is 2. The molecule has 0 fully saturated rings. The summed E-state index contributed by atoms with van der Waals surface area (Å²) in [6.07, 6.45) is 1.59. The van der Waals surface area contributed by atoms with Gasteiger partial charge >= 0.3 is 18.4 Å². The topological polar surface area (TPSA) is 83.6 Å². The number of hydrogen-bond donors (Lipinski definition) is 2. The molecule has 9 heteroatoms. The van der Waals surface area contributed by atoms with Gasteiger partial charge in [-0.2, -0.15) is 8.78 Å². The van der Waals surface area contributed by atoms with Gasteiger partial charge in [-0.05, 0) is 29.8 Å². The number of alkyl halides is 2. The zero-order valence-corrected chi connectivity index (χ0v) is 14.2. The number of amides is 2. The second kappa shape index (κ2) is 8.75. The molecule has 1 aromatic carbocycles. The average molecular weight is 364 g/mol. The van der Waals surface area contributed by atoms with Crippen LogP contribution in [0.15, 0.2) is 42.6 Å². The molecular weight excluding hydrogens is 346 g/mol. The quantitative estimate of drug-likeness (QED) is 0.766. The van der Waals surface area contributed by atoms with E-state index < -0.39 is 18.4 Å². The van der Waals surface area contributed by atoms with Crippen LogP contribution in [0.1, 0.15) is 5.56 Å². The highest BCUT2D eigenvalue weighted by molar-refractivity contribution is 6.39. The number of pyridine rings is 1. The zero-order chi connectivity index (χ0) is 19.1. The van der Waals surface area contributed by atoms with Crippen LogP contribution < -0.4 is 20.3 Å². The van der Waals surface area contributed by atoms with E-state index in [2.05, 4.69) is 20.4 Å². The van der Waals surface area contributed by atoms with Gasteiger partial charge in [0.2, 0.25) is 0 Å². The largest absolute Gasteiger partial charge is 0.433 e. The third-order valence-corrected chi connectivity index (χ3v) is 3.28. The molecule has 138 valence electrons. The van der Waals surface area contributed by atoms with E-state index in [0.29, 0.717) is 5.82 Å². The van der Waals surface area contributed by atoms with Crippen LogP contribution in [0.5, 0.6) is 5.75 Å². The number of para-hydroxylation sites is 2. The average Bonchev–Trinajstić information content (AvgIpc) is 2.61. The Bertz CT molecular complexity index is 784. The summed E-state index contributed by atoms with van der Waals surface area (Å²) in [6, 6.07) is 9.08. The fourth-order valence-corrected chi connectivity index (χ4v) is 2.03. The van der Waals surface area contributed by atoms with Gasteiger partial charge in [-0.15, -0.1) is 0 Å². The van der Waals surface area contributed by atoms with Crippen LogP contribution in [-0.4, -0.2) is 37.5 Å². The molecule has 2 amide bonds. The van der Waals surface area contributed by atoms with Gasteiger partial charge in [0.1, 0.15) is 11.6 Å². The van der Waals surface area contributed by atoms with Gasteiger partial charge in [-0.1, -0.05) is 12.1 Å². The van der Waals surface area contributed by atoms with Gasteiger partial charge in [0.05, 0.1) is 5.69 Å². The van der Waals surface area contributed by atoms with E-state index in [0.717, 1.165) is 5.56 Å². The summed E-state index contributed by atoms with van der Waals surface area (Å²) < 4.78 is 29.0. The van der Waals surface area contributed by atoms with Gasteiger partial charge in [0, 0.05) is 26.8 Å². The number of benzene rings is 1. The lowest BCUT2D eigenvalue weighted by molar-refractivity contribution is -0.136. The maximum Gasteiger partial charge on any atom is 0.387 e. The molecule has 0 aliphatic rings. The molecule has 26 heavy (non-hydrogen) atoms. The Kier molecular flexibility index (Phi) is 6.42. The minimum Gasteiger partial charge on any atom is -0.433 e. The molecule has 2 N–H and O–H groups in total. The molecule has 1 aromatic heterocycles. The molecule has 0 saturated carbocycles. The predicted molar refractivity (Wildman–Crippen MR) is 92.1 cm³/mol. The molecule has 0 unspecified atom stereocenters. The molecule has 2 aromatic rings. The van der Waals surface area contributed by atoms with Crippen molar-refractivity contribution in [2.24, 2.45) is 0 Å². The number of aromatic nitrogens is 1. The molecule has 1 heterocycles. The van der Waals surface area contributed by atoms with Gasteiger partial charge in [-0.3, -0.25) is 9.59 Å². The summed E-state index contributed by atoms with van der Waals surface area (Å²) in [5.74, 6) is -1.41. The molecule has 0 spiro atoms. The van der Waals surface area contributed by atoms with Gasteiger partial charge < -0.3 is 20.3 Å². The van der Waals surface area contributed by atoms with Crippen molar-refractivity contribution >= 4 is 23.3 Å². The number of nitrogens with zero attached hydrogens (tertiary/aromatic N) is 2. The third kappa shape index (κ3) is 5.40. The van der Waals surface area contributed by atoms with Gasteiger partial charge in [-0.25, -0.2) is 4.98 Å². The lowest BCUT2D eigenvalue weighted by Crippen LogP contribution is -2.35. The SMILES string of the molecule is CN(C)c1cc(CNC(=O)C(=O)Nc2ccccc2OC(F)F)ccn1. The van der Waals surface area contributed by atoms with Crippen LogP contribution in [0.4, 0.5) is 20.3 Å². The Balaban J connectivity index is 1.96. The predicted octanol–water partition coefficient (Wildman–Crippen LogP) is 2.00. The van der Waals surface area contributed by atoms with Crippen molar-refractivity contribution < 1.29 is 23.1 Å². The summed E-state index contributed by atoms with van der Waals surface area (Å²) in [7, 11) is 3.66. The highest BCUT2D eigenvalue weighted by Crippen LogP contribution is 2.25. The number of nitrogens with one attached hydrogen (secondary N) is 2. The third-order valence-electron chi connectivity index (χ3n) is 3.28. The number of carbonyl (C=O) groups is 2. The molecule has 0 bridgehead atoms. The Morgan fingerprint density at radius 2 is 1.92 bits per heavy atom. The van der Waals surface area contributed by atoms with Crippen LogP contribution >= 0.6 is 0 Å². The normalized spacial score (nSPS) is 10.3. The van der Waals surface area contributed by atoms with E-state index in [1.807, 2.05) is 14.1 Å². The van der Waals surface area contributed by atoms with Crippen molar-refractivity contribution in [3.8, 4) is 5.75 Å². The van der Waals surface area contributed by atoms with Crippen molar-refractivity contribution in [3.63, 3.8) is 0 Å². The molecule has 0 atom stereocenters. The van der Waals surface area contributed by atoms with E-state index >= 15 is 0 Å².